The van der Waals surface area contributed by atoms with Gasteiger partial charge in [0, 0.05) is 17.8 Å². The van der Waals surface area contributed by atoms with Crippen molar-refractivity contribution >= 4 is 5.91 Å². The zero-order valence-corrected chi connectivity index (χ0v) is 12.5. The van der Waals surface area contributed by atoms with E-state index in [0.717, 1.165) is 12.1 Å². The number of carbonyl (C=O) groups excluding carboxylic acids is 1. The normalized spacial score (nSPS) is 14.8. The number of nitrogens with zero attached hydrogens (tertiary/aromatic N) is 1. The van der Waals surface area contributed by atoms with E-state index >= 15 is 0 Å². The third-order valence-corrected chi connectivity index (χ3v) is 3.37. The summed E-state index contributed by atoms with van der Waals surface area (Å²) in [5.41, 5.74) is 0.776. The summed E-state index contributed by atoms with van der Waals surface area (Å²) in [6.45, 7) is 10.0. The third-order valence-electron chi connectivity index (χ3n) is 3.37. The van der Waals surface area contributed by atoms with Crippen molar-refractivity contribution < 1.29 is 4.79 Å². The van der Waals surface area contributed by atoms with E-state index in [0.29, 0.717) is 0 Å². The smallest absolute Gasteiger partial charge is 0.237 e. The molecule has 0 aliphatic heterocycles. The molecule has 0 aromatic carbocycles. The number of hydrogen-bond acceptors (Lipinski definition) is 3. The molecule has 1 rings (SSSR count). The summed E-state index contributed by atoms with van der Waals surface area (Å²) in [4.78, 5) is 16.4. The molecule has 0 aliphatic carbocycles. The maximum absolute atomic E-state index is 12.1. The Balaban J connectivity index is 2.55. The average Bonchev–Trinajstić information content (AvgIpc) is 2.39. The van der Waals surface area contributed by atoms with Crippen LogP contribution >= 0.6 is 0 Å². The lowest BCUT2D eigenvalue weighted by molar-refractivity contribution is -0.124. The second kappa shape index (κ2) is 6.66. The van der Waals surface area contributed by atoms with Gasteiger partial charge in [-0.05, 0) is 46.2 Å². The fourth-order valence-corrected chi connectivity index (χ4v) is 1.70. The Labute approximate surface area is 116 Å². The summed E-state index contributed by atoms with van der Waals surface area (Å²) in [7, 11) is 0. The maximum atomic E-state index is 12.1. The van der Waals surface area contributed by atoms with E-state index in [1.165, 1.54) is 0 Å². The van der Waals surface area contributed by atoms with Crippen LogP contribution in [0.5, 0.6) is 0 Å². The molecule has 0 bridgehead atoms. The van der Waals surface area contributed by atoms with Crippen LogP contribution in [0.15, 0.2) is 24.4 Å². The molecule has 0 radical (unpaired) electrons. The predicted octanol–water partition coefficient (Wildman–Crippen LogP) is 2.43. The molecule has 0 saturated carbocycles. The highest BCUT2D eigenvalue weighted by atomic mass is 16.2. The number of amides is 1. The highest BCUT2D eigenvalue weighted by molar-refractivity contribution is 5.82. The van der Waals surface area contributed by atoms with E-state index in [-0.39, 0.29) is 23.5 Å². The monoisotopic (exact) mass is 263 g/mol. The first-order chi connectivity index (χ1) is 8.85. The SMILES string of the molecule is CCC(C)(C)NC(=O)C(C)N[C@@H](C)c1ccccn1. The van der Waals surface area contributed by atoms with Gasteiger partial charge in [0.15, 0.2) is 0 Å². The number of carbonyl (C=O) groups is 1. The summed E-state index contributed by atoms with van der Waals surface area (Å²) < 4.78 is 0. The highest BCUT2D eigenvalue weighted by Gasteiger charge is 2.23. The van der Waals surface area contributed by atoms with Crippen molar-refractivity contribution in [2.75, 3.05) is 0 Å². The first-order valence-electron chi connectivity index (χ1n) is 6.84. The van der Waals surface area contributed by atoms with E-state index < -0.39 is 0 Å². The van der Waals surface area contributed by atoms with Gasteiger partial charge in [-0.25, -0.2) is 0 Å². The molecule has 0 spiro atoms. The summed E-state index contributed by atoms with van der Waals surface area (Å²) >= 11 is 0. The minimum atomic E-state index is -0.247. The van der Waals surface area contributed by atoms with Crippen LogP contribution in [-0.4, -0.2) is 22.5 Å². The van der Waals surface area contributed by atoms with Gasteiger partial charge in [-0.1, -0.05) is 13.0 Å². The first kappa shape index (κ1) is 15.6. The Morgan fingerprint density at radius 3 is 2.58 bits per heavy atom. The van der Waals surface area contributed by atoms with Crippen LogP contribution in [0.4, 0.5) is 0 Å². The van der Waals surface area contributed by atoms with Crippen molar-refractivity contribution in [2.45, 2.75) is 58.7 Å². The van der Waals surface area contributed by atoms with Gasteiger partial charge in [-0.15, -0.1) is 0 Å². The largest absolute Gasteiger partial charge is 0.350 e. The Hall–Kier alpha value is -1.42. The fourth-order valence-electron chi connectivity index (χ4n) is 1.70. The highest BCUT2D eigenvalue weighted by Crippen LogP contribution is 2.10. The van der Waals surface area contributed by atoms with Crippen LogP contribution in [0.3, 0.4) is 0 Å². The first-order valence-corrected chi connectivity index (χ1v) is 6.84. The van der Waals surface area contributed by atoms with Crippen molar-refractivity contribution in [1.29, 1.82) is 0 Å². The van der Waals surface area contributed by atoms with Gasteiger partial charge in [0.2, 0.25) is 5.91 Å². The standard InChI is InChI=1S/C15H25N3O/c1-6-15(4,5)18-14(19)12(3)17-11(2)13-9-7-8-10-16-13/h7-12,17H,6H2,1-5H3,(H,18,19)/t11-,12?/m0/s1. The Morgan fingerprint density at radius 1 is 1.37 bits per heavy atom. The van der Waals surface area contributed by atoms with Crippen LogP contribution in [0, 0.1) is 0 Å². The van der Waals surface area contributed by atoms with Crippen LogP contribution in [-0.2, 0) is 4.79 Å². The van der Waals surface area contributed by atoms with Crippen LogP contribution in [0.1, 0.15) is 52.8 Å². The molecule has 1 aromatic heterocycles. The minimum absolute atomic E-state index is 0.0228. The van der Waals surface area contributed by atoms with E-state index in [2.05, 4.69) is 22.5 Å². The molecule has 4 heteroatoms. The molecule has 0 aliphatic rings. The molecular weight excluding hydrogens is 238 g/mol. The minimum Gasteiger partial charge on any atom is -0.350 e. The molecule has 0 saturated heterocycles. The van der Waals surface area contributed by atoms with Gasteiger partial charge in [0.1, 0.15) is 0 Å². The van der Waals surface area contributed by atoms with Crippen LogP contribution in [0.2, 0.25) is 0 Å². The van der Waals surface area contributed by atoms with E-state index in [9.17, 15) is 4.79 Å². The topological polar surface area (TPSA) is 54.0 Å². The molecule has 106 valence electrons. The van der Waals surface area contributed by atoms with Crippen LogP contribution in [0.25, 0.3) is 0 Å². The lowest BCUT2D eigenvalue weighted by Gasteiger charge is -2.27. The molecule has 1 amide bonds. The molecule has 2 atom stereocenters. The van der Waals surface area contributed by atoms with Crippen molar-refractivity contribution in [3.8, 4) is 0 Å². The summed E-state index contributed by atoms with van der Waals surface area (Å²) in [6, 6.07) is 5.59. The van der Waals surface area contributed by atoms with E-state index in [4.69, 9.17) is 0 Å². The van der Waals surface area contributed by atoms with Gasteiger partial charge in [-0.3, -0.25) is 15.1 Å². The van der Waals surface area contributed by atoms with Gasteiger partial charge >= 0.3 is 0 Å². The number of pyridine rings is 1. The predicted molar refractivity (Wildman–Crippen MR) is 77.8 cm³/mol. The molecule has 19 heavy (non-hydrogen) atoms. The van der Waals surface area contributed by atoms with Crippen molar-refractivity contribution in [3.05, 3.63) is 30.1 Å². The van der Waals surface area contributed by atoms with E-state index in [1.54, 1.807) is 6.20 Å². The molecule has 1 unspecified atom stereocenters. The van der Waals surface area contributed by atoms with Gasteiger partial charge < -0.3 is 5.32 Å². The lowest BCUT2D eigenvalue weighted by Crippen LogP contribution is -2.51. The number of hydrogen-bond donors (Lipinski definition) is 2. The molecular formula is C15H25N3O. The lowest BCUT2D eigenvalue weighted by atomic mass is 10.0. The van der Waals surface area contributed by atoms with Crippen LogP contribution < -0.4 is 10.6 Å². The summed E-state index contributed by atoms with van der Waals surface area (Å²) in [6.07, 6.45) is 2.67. The third kappa shape index (κ3) is 4.99. The second-order valence-corrected chi connectivity index (χ2v) is 5.59. The number of nitrogens with one attached hydrogen (secondary N) is 2. The molecule has 1 aromatic rings. The average molecular weight is 263 g/mol. The zero-order chi connectivity index (χ0) is 14.5. The van der Waals surface area contributed by atoms with Gasteiger partial charge in [0.25, 0.3) is 0 Å². The molecule has 2 N–H and O–H groups in total. The Kier molecular flexibility index (Phi) is 5.48. The quantitative estimate of drug-likeness (QED) is 0.829. The van der Waals surface area contributed by atoms with Crippen molar-refractivity contribution in [2.24, 2.45) is 0 Å². The Morgan fingerprint density at radius 2 is 2.05 bits per heavy atom. The second-order valence-electron chi connectivity index (χ2n) is 5.59. The van der Waals surface area contributed by atoms with Crippen molar-refractivity contribution in [3.63, 3.8) is 0 Å². The number of aromatic nitrogens is 1. The van der Waals surface area contributed by atoms with Gasteiger partial charge in [0.05, 0.1) is 11.7 Å². The summed E-state index contributed by atoms with van der Waals surface area (Å²) in [5, 5.41) is 6.31. The fraction of sp³-hybridized carbons (Fsp3) is 0.600. The molecule has 4 nitrogen and oxygen atoms in total. The van der Waals surface area contributed by atoms with E-state index in [1.807, 2.05) is 45.9 Å². The Bertz CT molecular complexity index is 403. The zero-order valence-electron chi connectivity index (χ0n) is 12.5. The number of rotatable bonds is 6. The molecule has 0 fully saturated rings. The maximum Gasteiger partial charge on any atom is 0.237 e. The summed E-state index contributed by atoms with van der Waals surface area (Å²) in [5.74, 6) is 0.0228. The van der Waals surface area contributed by atoms with Gasteiger partial charge in [-0.2, -0.15) is 0 Å². The molecule has 1 heterocycles. The van der Waals surface area contributed by atoms with Crippen molar-refractivity contribution in [1.82, 2.24) is 15.6 Å².